The standard InChI is InChI=1S/C15H24N2O4/c1-19-14-4-2-3-12(13(16)11-18)15(14)21-10-7-17-5-8-20-9-6-17/h2-4,13,18H,5-11,16H2,1H3/t13-/m1/s1. The maximum Gasteiger partial charge on any atom is 0.166 e. The molecule has 6 heteroatoms. The summed E-state index contributed by atoms with van der Waals surface area (Å²) < 4.78 is 16.5. The molecule has 0 amide bonds. The monoisotopic (exact) mass is 296 g/mol. The van der Waals surface area contributed by atoms with E-state index in [9.17, 15) is 5.11 Å². The second kappa shape index (κ2) is 8.19. The first-order chi connectivity index (χ1) is 10.3. The summed E-state index contributed by atoms with van der Waals surface area (Å²) in [6.07, 6.45) is 0. The molecule has 0 aliphatic carbocycles. The third kappa shape index (κ3) is 4.31. The fraction of sp³-hybridized carbons (Fsp3) is 0.600. The predicted molar refractivity (Wildman–Crippen MR) is 79.8 cm³/mol. The van der Waals surface area contributed by atoms with Crippen molar-refractivity contribution < 1.29 is 19.3 Å². The SMILES string of the molecule is COc1cccc([C@H](N)CO)c1OCCN1CCOCC1. The van der Waals surface area contributed by atoms with Gasteiger partial charge in [-0.25, -0.2) is 0 Å². The third-order valence-corrected chi connectivity index (χ3v) is 3.58. The van der Waals surface area contributed by atoms with Crippen molar-refractivity contribution in [2.24, 2.45) is 5.73 Å². The summed E-state index contributed by atoms with van der Waals surface area (Å²) in [4.78, 5) is 2.30. The minimum atomic E-state index is -0.474. The molecule has 3 N–H and O–H groups in total. The summed E-state index contributed by atoms with van der Waals surface area (Å²) in [6.45, 7) is 4.65. The van der Waals surface area contributed by atoms with Crippen LogP contribution in [0.15, 0.2) is 18.2 Å². The average molecular weight is 296 g/mol. The fourth-order valence-corrected chi connectivity index (χ4v) is 2.34. The van der Waals surface area contributed by atoms with Crippen molar-refractivity contribution in [1.29, 1.82) is 0 Å². The molecule has 2 rings (SSSR count). The minimum absolute atomic E-state index is 0.132. The highest BCUT2D eigenvalue weighted by Crippen LogP contribution is 2.34. The van der Waals surface area contributed by atoms with Crippen LogP contribution < -0.4 is 15.2 Å². The number of benzene rings is 1. The zero-order valence-corrected chi connectivity index (χ0v) is 12.5. The molecule has 0 spiro atoms. The minimum Gasteiger partial charge on any atom is -0.493 e. The molecule has 118 valence electrons. The third-order valence-electron chi connectivity index (χ3n) is 3.58. The fourth-order valence-electron chi connectivity index (χ4n) is 2.34. The molecule has 1 heterocycles. The van der Waals surface area contributed by atoms with E-state index in [0.717, 1.165) is 38.4 Å². The van der Waals surface area contributed by atoms with Gasteiger partial charge < -0.3 is 25.1 Å². The molecule has 0 radical (unpaired) electrons. The molecule has 1 atom stereocenters. The van der Waals surface area contributed by atoms with Crippen molar-refractivity contribution in [3.05, 3.63) is 23.8 Å². The summed E-state index contributed by atoms with van der Waals surface area (Å²) in [6, 6.07) is 5.06. The van der Waals surface area contributed by atoms with Crippen LogP contribution in [0.25, 0.3) is 0 Å². The van der Waals surface area contributed by atoms with Gasteiger partial charge in [0.05, 0.1) is 33.0 Å². The largest absolute Gasteiger partial charge is 0.493 e. The van der Waals surface area contributed by atoms with E-state index in [1.807, 2.05) is 18.2 Å². The van der Waals surface area contributed by atoms with Gasteiger partial charge in [0.1, 0.15) is 6.61 Å². The summed E-state index contributed by atoms with van der Waals surface area (Å²) in [5.74, 6) is 1.26. The first-order valence-corrected chi connectivity index (χ1v) is 7.22. The number of ether oxygens (including phenoxy) is 3. The number of para-hydroxylation sites is 1. The second-order valence-electron chi connectivity index (χ2n) is 4.97. The summed E-state index contributed by atoms with van der Waals surface area (Å²) in [5, 5.41) is 9.26. The van der Waals surface area contributed by atoms with Crippen molar-refractivity contribution in [3.8, 4) is 11.5 Å². The molecule has 0 saturated carbocycles. The van der Waals surface area contributed by atoms with E-state index >= 15 is 0 Å². The number of rotatable bonds is 7. The maximum absolute atomic E-state index is 9.26. The van der Waals surface area contributed by atoms with Crippen molar-refractivity contribution >= 4 is 0 Å². The van der Waals surface area contributed by atoms with Gasteiger partial charge in [-0.3, -0.25) is 4.90 Å². The maximum atomic E-state index is 9.26. The Balaban J connectivity index is 1.99. The number of nitrogens with zero attached hydrogens (tertiary/aromatic N) is 1. The van der Waals surface area contributed by atoms with Gasteiger partial charge in [0.25, 0.3) is 0 Å². The van der Waals surface area contributed by atoms with E-state index in [0.29, 0.717) is 18.1 Å². The van der Waals surface area contributed by atoms with Gasteiger partial charge in [-0.1, -0.05) is 12.1 Å². The topological polar surface area (TPSA) is 77.2 Å². The summed E-state index contributed by atoms with van der Waals surface area (Å²) >= 11 is 0. The Morgan fingerprint density at radius 2 is 2.14 bits per heavy atom. The van der Waals surface area contributed by atoms with E-state index in [1.165, 1.54) is 0 Å². The Morgan fingerprint density at radius 1 is 1.38 bits per heavy atom. The van der Waals surface area contributed by atoms with Gasteiger partial charge in [0.15, 0.2) is 11.5 Å². The van der Waals surface area contributed by atoms with Crippen LogP contribution in [0, 0.1) is 0 Å². The zero-order chi connectivity index (χ0) is 15.1. The van der Waals surface area contributed by atoms with Crippen molar-refractivity contribution in [2.45, 2.75) is 6.04 Å². The highest BCUT2D eigenvalue weighted by atomic mass is 16.5. The van der Waals surface area contributed by atoms with Gasteiger partial charge in [-0.15, -0.1) is 0 Å². The number of morpholine rings is 1. The van der Waals surface area contributed by atoms with E-state index < -0.39 is 6.04 Å². The van der Waals surface area contributed by atoms with Crippen LogP contribution >= 0.6 is 0 Å². The zero-order valence-electron chi connectivity index (χ0n) is 12.5. The van der Waals surface area contributed by atoms with Gasteiger partial charge in [0.2, 0.25) is 0 Å². The van der Waals surface area contributed by atoms with Crippen molar-refractivity contribution in [2.75, 3.05) is 53.2 Å². The molecule has 1 aliphatic rings. The number of hydrogen-bond donors (Lipinski definition) is 2. The Hall–Kier alpha value is -1.34. The number of aliphatic hydroxyl groups excluding tert-OH is 1. The lowest BCUT2D eigenvalue weighted by Crippen LogP contribution is -2.38. The Morgan fingerprint density at radius 3 is 2.81 bits per heavy atom. The van der Waals surface area contributed by atoms with Crippen LogP contribution in [0.5, 0.6) is 11.5 Å². The number of methoxy groups -OCH3 is 1. The van der Waals surface area contributed by atoms with Crippen LogP contribution in [0.4, 0.5) is 0 Å². The van der Waals surface area contributed by atoms with Gasteiger partial charge in [0, 0.05) is 25.2 Å². The van der Waals surface area contributed by atoms with E-state index in [-0.39, 0.29) is 6.61 Å². The molecule has 6 nitrogen and oxygen atoms in total. The van der Waals surface area contributed by atoms with E-state index in [4.69, 9.17) is 19.9 Å². The predicted octanol–water partition coefficient (Wildman–Crippen LogP) is 0.398. The quantitative estimate of drug-likeness (QED) is 0.758. The van der Waals surface area contributed by atoms with E-state index in [2.05, 4.69) is 4.90 Å². The Kier molecular flexibility index (Phi) is 6.25. The normalized spacial score (nSPS) is 17.5. The van der Waals surface area contributed by atoms with Gasteiger partial charge in [-0.05, 0) is 6.07 Å². The van der Waals surface area contributed by atoms with Crippen LogP contribution in [0.2, 0.25) is 0 Å². The number of hydrogen-bond acceptors (Lipinski definition) is 6. The lowest BCUT2D eigenvalue weighted by molar-refractivity contribution is 0.0320. The van der Waals surface area contributed by atoms with Crippen LogP contribution in [0.3, 0.4) is 0 Å². The molecule has 21 heavy (non-hydrogen) atoms. The van der Waals surface area contributed by atoms with Gasteiger partial charge in [-0.2, -0.15) is 0 Å². The second-order valence-corrected chi connectivity index (χ2v) is 4.97. The first-order valence-electron chi connectivity index (χ1n) is 7.22. The molecule has 0 unspecified atom stereocenters. The molecule has 1 aromatic carbocycles. The van der Waals surface area contributed by atoms with E-state index in [1.54, 1.807) is 7.11 Å². The molecule has 1 aliphatic heterocycles. The summed E-state index contributed by atoms with van der Waals surface area (Å²) in [5.41, 5.74) is 6.68. The Bertz CT molecular complexity index is 436. The lowest BCUT2D eigenvalue weighted by atomic mass is 10.1. The number of nitrogens with two attached hydrogens (primary N) is 1. The van der Waals surface area contributed by atoms with Crippen LogP contribution in [-0.2, 0) is 4.74 Å². The van der Waals surface area contributed by atoms with Crippen LogP contribution in [-0.4, -0.2) is 63.2 Å². The van der Waals surface area contributed by atoms with Crippen molar-refractivity contribution in [1.82, 2.24) is 4.90 Å². The average Bonchev–Trinajstić information content (AvgIpc) is 2.55. The molecule has 0 bridgehead atoms. The van der Waals surface area contributed by atoms with Gasteiger partial charge >= 0.3 is 0 Å². The summed E-state index contributed by atoms with van der Waals surface area (Å²) in [7, 11) is 1.60. The molecule has 1 saturated heterocycles. The highest BCUT2D eigenvalue weighted by Gasteiger charge is 2.17. The molecule has 0 aromatic heterocycles. The smallest absolute Gasteiger partial charge is 0.166 e. The van der Waals surface area contributed by atoms with Crippen molar-refractivity contribution in [3.63, 3.8) is 0 Å². The first kappa shape index (κ1) is 16.0. The molecular formula is C15H24N2O4. The molecular weight excluding hydrogens is 272 g/mol. The highest BCUT2D eigenvalue weighted by molar-refractivity contribution is 5.48. The molecule has 1 aromatic rings. The molecule has 1 fully saturated rings. The Labute approximate surface area is 125 Å². The van der Waals surface area contributed by atoms with Crippen LogP contribution in [0.1, 0.15) is 11.6 Å². The lowest BCUT2D eigenvalue weighted by Gasteiger charge is -2.27. The number of aliphatic hydroxyl groups is 1.